The first-order chi connectivity index (χ1) is 24.1. The predicted molar refractivity (Wildman–Crippen MR) is 164 cm³/mol. The maximum absolute atomic E-state index is 16.0. The van der Waals surface area contributed by atoms with Crippen LogP contribution in [-0.4, -0.2) is 92.3 Å². The highest BCUT2D eigenvalue weighted by Gasteiger charge is 2.38. The minimum absolute atomic E-state index is 0.238. The van der Waals surface area contributed by atoms with Crippen molar-refractivity contribution < 1.29 is 66.0 Å². The summed E-state index contributed by atoms with van der Waals surface area (Å²) in [5.74, 6) is -8.85. The van der Waals surface area contributed by atoms with Crippen LogP contribution in [0.5, 0.6) is 34.5 Å². The summed E-state index contributed by atoms with van der Waals surface area (Å²) in [5, 5.41) is 3.97. The van der Waals surface area contributed by atoms with E-state index in [1.807, 2.05) is 12.1 Å². The Balaban J connectivity index is 1.28. The average Bonchev–Trinajstić information content (AvgIpc) is 3.56. The summed E-state index contributed by atoms with van der Waals surface area (Å²) < 4.78 is 58.2. The normalized spacial score (nSPS) is 18.0. The van der Waals surface area contributed by atoms with Crippen LogP contribution in [0, 0.1) is 5.82 Å². The molecule has 0 unspecified atom stereocenters. The third kappa shape index (κ3) is 6.76. The van der Waals surface area contributed by atoms with Gasteiger partial charge in [-0.1, -0.05) is 11.2 Å². The third-order valence-electron chi connectivity index (χ3n) is 7.86. The second kappa shape index (κ2) is 14.2. The monoisotopic (exact) mass is 693 g/mol. The van der Waals surface area contributed by atoms with Crippen molar-refractivity contribution in [3.8, 4) is 45.8 Å². The molecule has 3 aliphatic heterocycles. The van der Waals surface area contributed by atoms with Crippen LogP contribution in [0.1, 0.15) is 21.7 Å². The molecule has 0 atom stereocenters. The second-order valence-electron chi connectivity index (χ2n) is 10.9. The van der Waals surface area contributed by atoms with Crippen LogP contribution < -0.4 is 28.4 Å². The molecule has 1 aromatic heterocycles. The van der Waals surface area contributed by atoms with Gasteiger partial charge in [-0.3, -0.25) is 9.80 Å². The lowest BCUT2D eigenvalue weighted by Gasteiger charge is -2.34. The summed E-state index contributed by atoms with van der Waals surface area (Å²) in [6.07, 6.45) is 2.53. The molecule has 17 heteroatoms. The van der Waals surface area contributed by atoms with Gasteiger partial charge in [0.15, 0.2) is 28.8 Å². The number of cyclic esters (lactones) is 2. The van der Waals surface area contributed by atoms with Crippen LogP contribution in [0.15, 0.2) is 47.0 Å². The van der Waals surface area contributed by atoms with Gasteiger partial charge in [-0.05, 0) is 6.07 Å². The van der Waals surface area contributed by atoms with Crippen molar-refractivity contribution in [2.75, 3.05) is 47.5 Å². The van der Waals surface area contributed by atoms with Crippen LogP contribution in [0.25, 0.3) is 11.3 Å². The predicted octanol–water partition coefficient (Wildman–Crippen LogP) is 2.36. The summed E-state index contributed by atoms with van der Waals surface area (Å²) in [5.41, 5.74) is -0.669. The summed E-state index contributed by atoms with van der Waals surface area (Å²) in [7, 11) is 4.66. The summed E-state index contributed by atoms with van der Waals surface area (Å²) in [4.78, 5) is 67.0. The van der Waals surface area contributed by atoms with Gasteiger partial charge in [-0.2, -0.15) is 4.39 Å². The van der Waals surface area contributed by atoms with Gasteiger partial charge in [0.05, 0.1) is 33.4 Å². The Labute approximate surface area is 282 Å². The molecule has 0 amide bonds. The number of hydrogen-bond donors (Lipinski definition) is 0. The standard InChI is InChI=1S/C33H28FN3O13/c1-43-20-5-4-17(28(44-2)29(20)45-3)15-36-10-12-37(13-11-36)16-18-14-19(35-50-18)25-26-31-32(48-23(40)7-6-22(39)47-31)27(34)30(25)46-21(38)8-9-24(41)49-33(26)42/h4-9,14H,10-13,15-16H2,1-3H3/b7-6-,9-8-. The largest absolute Gasteiger partial charge is 0.493 e. The molecule has 0 N–H and O–H groups in total. The number of halogens is 1. The highest BCUT2D eigenvalue weighted by Crippen LogP contribution is 2.49. The van der Waals surface area contributed by atoms with E-state index >= 15 is 4.39 Å². The zero-order chi connectivity index (χ0) is 35.5. The number of fused-ring (bicyclic) bond motifs is 4. The number of rotatable bonds is 8. The molecule has 0 saturated carbocycles. The Morgan fingerprint density at radius 1 is 0.680 bits per heavy atom. The molecule has 3 aromatic rings. The van der Waals surface area contributed by atoms with Crippen LogP contribution >= 0.6 is 0 Å². The fourth-order valence-electron chi connectivity index (χ4n) is 5.59. The van der Waals surface area contributed by atoms with Crippen molar-refractivity contribution in [1.29, 1.82) is 0 Å². The Kier molecular flexibility index (Phi) is 9.60. The minimum Gasteiger partial charge on any atom is -0.493 e. The fraction of sp³-hybridized carbons (Fsp3) is 0.273. The number of carbonyl (C=O) groups is 5. The van der Waals surface area contributed by atoms with E-state index in [0.29, 0.717) is 74.3 Å². The average molecular weight is 694 g/mol. The van der Waals surface area contributed by atoms with Gasteiger partial charge in [-0.25, -0.2) is 24.0 Å². The lowest BCUT2D eigenvalue weighted by molar-refractivity contribution is -0.134. The molecule has 1 fully saturated rings. The lowest BCUT2D eigenvalue weighted by Crippen LogP contribution is -2.45. The van der Waals surface area contributed by atoms with Gasteiger partial charge in [-0.15, -0.1) is 0 Å². The Hall–Kier alpha value is -6.07. The number of ether oxygens (including phenoxy) is 7. The second-order valence-corrected chi connectivity index (χ2v) is 10.9. The highest BCUT2D eigenvalue weighted by molar-refractivity contribution is 6.10. The molecule has 6 rings (SSSR count). The number of carbonyl (C=O) groups excluding carboxylic acids is 5. The van der Waals surface area contributed by atoms with Crippen molar-refractivity contribution in [1.82, 2.24) is 15.0 Å². The maximum Gasteiger partial charge on any atom is 0.350 e. The SMILES string of the molecule is COc1ccc(CN2CCN(Cc3cc(-c4c5c(F)c6c(c4C(=O)OC(=O)/C=C\C(=O)O5)OC(=O)/C=C\C(=O)O6)no3)CC2)c(OC)c1OC. The number of nitrogens with zero attached hydrogens (tertiary/aromatic N) is 3. The fourth-order valence-corrected chi connectivity index (χ4v) is 5.59. The number of hydrogen-bond acceptors (Lipinski definition) is 16. The first kappa shape index (κ1) is 33.8. The van der Waals surface area contributed by atoms with E-state index in [1.54, 1.807) is 21.3 Å². The van der Waals surface area contributed by atoms with E-state index in [1.165, 1.54) is 6.07 Å². The van der Waals surface area contributed by atoms with Crippen LogP contribution in [0.3, 0.4) is 0 Å². The molecule has 16 nitrogen and oxygen atoms in total. The molecule has 0 radical (unpaired) electrons. The molecule has 4 heterocycles. The maximum atomic E-state index is 16.0. The van der Waals surface area contributed by atoms with E-state index in [2.05, 4.69) is 15.0 Å². The first-order valence-corrected chi connectivity index (χ1v) is 15.0. The van der Waals surface area contributed by atoms with Crippen molar-refractivity contribution in [3.63, 3.8) is 0 Å². The first-order valence-electron chi connectivity index (χ1n) is 15.0. The van der Waals surface area contributed by atoms with E-state index < -0.39 is 64.0 Å². The third-order valence-corrected chi connectivity index (χ3v) is 7.86. The molecule has 2 aromatic carbocycles. The van der Waals surface area contributed by atoms with Crippen molar-refractivity contribution >= 4 is 29.8 Å². The van der Waals surface area contributed by atoms with Gasteiger partial charge in [0.25, 0.3) is 0 Å². The summed E-state index contributed by atoms with van der Waals surface area (Å²) in [6, 6.07) is 5.09. The van der Waals surface area contributed by atoms with Crippen molar-refractivity contribution in [3.05, 3.63) is 65.2 Å². The molecule has 0 aliphatic carbocycles. The topological polar surface area (TPSA) is 182 Å². The molecule has 0 spiro atoms. The van der Waals surface area contributed by atoms with Gasteiger partial charge in [0.2, 0.25) is 17.3 Å². The van der Waals surface area contributed by atoms with Gasteiger partial charge >= 0.3 is 29.8 Å². The van der Waals surface area contributed by atoms with E-state index in [4.69, 9.17) is 37.7 Å². The van der Waals surface area contributed by atoms with Crippen LogP contribution in [0.4, 0.5) is 4.39 Å². The highest BCUT2D eigenvalue weighted by atomic mass is 19.1. The van der Waals surface area contributed by atoms with Crippen LogP contribution in [-0.2, 0) is 37.0 Å². The zero-order valence-electron chi connectivity index (χ0n) is 26.8. The molecule has 2 bridgehead atoms. The molecular formula is C33H28FN3O13. The summed E-state index contributed by atoms with van der Waals surface area (Å²) in [6.45, 7) is 3.39. The van der Waals surface area contributed by atoms with Gasteiger partial charge in [0.1, 0.15) is 11.3 Å². The molecule has 260 valence electrons. The Bertz CT molecular complexity index is 1960. The summed E-state index contributed by atoms with van der Waals surface area (Å²) >= 11 is 0. The Morgan fingerprint density at radius 2 is 1.24 bits per heavy atom. The zero-order valence-corrected chi connectivity index (χ0v) is 26.8. The van der Waals surface area contributed by atoms with E-state index in [0.717, 1.165) is 5.56 Å². The smallest absolute Gasteiger partial charge is 0.350 e. The Morgan fingerprint density at radius 3 is 1.84 bits per heavy atom. The molecule has 3 aliphatic rings. The van der Waals surface area contributed by atoms with Crippen LogP contribution in [0.2, 0.25) is 0 Å². The number of piperazine rings is 1. The van der Waals surface area contributed by atoms with Gasteiger partial charge < -0.3 is 37.7 Å². The van der Waals surface area contributed by atoms with Crippen molar-refractivity contribution in [2.24, 2.45) is 0 Å². The van der Waals surface area contributed by atoms with Crippen molar-refractivity contribution in [2.45, 2.75) is 13.1 Å². The quantitative estimate of drug-likeness (QED) is 0.190. The van der Waals surface area contributed by atoms with E-state index in [-0.39, 0.29) is 18.0 Å². The molecular weight excluding hydrogens is 665 g/mol. The lowest BCUT2D eigenvalue weighted by atomic mass is 9.99. The molecule has 50 heavy (non-hydrogen) atoms. The number of aromatic nitrogens is 1. The number of benzene rings is 2. The minimum atomic E-state index is -1.48. The number of methoxy groups -OCH3 is 3. The molecule has 1 saturated heterocycles. The van der Waals surface area contributed by atoms with Gasteiger partial charge in [0, 0.05) is 68.7 Å². The number of esters is 5. The van der Waals surface area contributed by atoms with E-state index in [9.17, 15) is 24.0 Å².